The fraction of sp³-hybridized carbons (Fsp3) is 0.529. The molecule has 120 valence electrons. The van der Waals surface area contributed by atoms with Crippen molar-refractivity contribution in [3.05, 3.63) is 29.8 Å². The molecular weight excluding hydrogens is 280 g/mol. The van der Waals surface area contributed by atoms with Gasteiger partial charge >= 0.3 is 0 Å². The highest BCUT2D eigenvalue weighted by molar-refractivity contribution is 6.01. The van der Waals surface area contributed by atoms with Crippen molar-refractivity contribution >= 4 is 17.5 Å². The van der Waals surface area contributed by atoms with Gasteiger partial charge in [-0.3, -0.25) is 9.59 Å². The normalized spacial score (nSPS) is 17.8. The van der Waals surface area contributed by atoms with Crippen LogP contribution in [-0.4, -0.2) is 37.6 Å². The maximum Gasteiger partial charge on any atom is 0.249 e. The van der Waals surface area contributed by atoms with Gasteiger partial charge in [-0.25, -0.2) is 0 Å². The fourth-order valence-corrected chi connectivity index (χ4v) is 2.54. The molecule has 0 aromatic heterocycles. The minimum atomic E-state index is -0.402. The summed E-state index contributed by atoms with van der Waals surface area (Å²) in [7, 11) is 0. The molecule has 22 heavy (non-hydrogen) atoms. The van der Waals surface area contributed by atoms with E-state index in [0.29, 0.717) is 39.0 Å². The van der Waals surface area contributed by atoms with E-state index in [1.807, 2.05) is 38.1 Å². The number of nitrogens with zero attached hydrogens (tertiary/aromatic N) is 1. The van der Waals surface area contributed by atoms with Crippen molar-refractivity contribution in [1.82, 2.24) is 5.32 Å². The highest BCUT2D eigenvalue weighted by Crippen LogP contribution is 2.22. The summed E-state index contributed by atoms with van der Waals surface area (Å²) in [6.07, 6.45) is 1.74. The summed E-state index contributed by atoms with van der Waals surface area (Å²) in [4.78, 5) is 26.0. The first-order valence-corrected chi connectivity index (χ1v) is 7.87. The van der Waals surface area contributed by atoms with Gasteiger partial charge in [-0.2, -0.15) is 0 Å². The Kier molecular flexibility index (Phi) is 5.95. The maximum atomic E-state index is 12.4. The SMILES string of the molecule is CCOCCCC(=O)N[C@@H]1CCN(c2ccc(C)cc2)C1=O. The van der Waals surface area contributed by atoms with Crippen molar-refractivity contribution < 1.29 is 14.3 Å². The predicted molar refractivity (Wildman–Crippen MR) is 85.8 cm³/mol. The van der Waals surface area contributed by atoms with Crippen molar-refractivity contribution in [2.45, 2.75) is 39.2 Å². The van der Waals surface area contributed by atoms with Crippen molar-refractivity contribution in [2.24, 2.45) is 0 Å². The van der Waals surface area contributed by atoms with Crippen molar-refractivity contribution in [1.29, 1.82) is 0 Å². The number of hydrogen-bond acceptors (Lipinski definition) is 3. The molecule has 0 aliphatic carbocycles. The highest BCUT2D eigenvalue weighted by atomic mass is 16.5. The van der Waals surface area contributed by atoms with Crippen LogP contribution in [-0.2, 0) is 14.3 Å². The molecule has 2 rings (SSSR count). The summed E-state index contributed by atoms with van der Waals surface area (Å²) >= 11 is 0. The van der Waals surface area contributed by atoms with E-state index in [1.54, 1.807) is 4.90 Å². The zero-order chi connectivity index (χ0) is 15.9. The smallest absolute Gasteiger partial charge is 0.249 e. The molecule has 1 saturated heterocycles. The number of carbonyl (C=O) groups excluding carboxylic acids is 2. The molecule has 0 spiro atoms. The molecule has 5 nitrogen and oxygen atoms in total. The van der Waals surface area contributed by atoms with Crippen LogP contribution >= 0.6 is 0 Å². The summed E-state index contributed by atoms with van der Waals surface area (Å²) in [6, 6.07) is 7.46. The van der Waals surface area contributed by atoms with E-state index in [1.165, 1.54) is 0 Å². The quantitative estimate of drug-likeness (QED) is 0.784. The Hall–Kier alpha value is -1.88. The Morgan fingerprint density at radius 3 is 2.77 bits per heavy atom. The first kappa shape index (κ1) is 16.5. The van der Waals surface area contributed by atoms with Crippen LogP contribution in [0.3, 0.4) is 0 Å². The third-order valence-electron chi connectivity index (χ3n) is 3.78. The third kappa shape index (κ3) is 4.31. The Balaban J connectivity index is 1.83. The second-order valence-corrected chi connectivity index (χ2v) is 5.53. The van der Waals surface area contributed by atoms with Gasteiger partial charge in [0.1, 0.15) is 6.04 Å². The van der Waals surface area contributed by atoms with Crippen molar-refractivity contribution in [3.63, 3.8) is 0 Å². The molecule has 1 aliphatic rings. The summed E-state index contributed by atoms with van der Waals surface area (Å²) in [6.45, 7) is 5.83. The largest absolute Gasteiger partial charge is 0.382 e. The number of hydrogen-bond donors (Lipinski definition) is 1. The van der Waals surface area contributed by atoms with E-state index in [9.17, 15) is 9.59 Å². The van der Waals surface area contributed by atoms with Crippen LogP contribution < -0.4 is 10.2 Å². The number of benzene rings is 1. The zero-order valence-corrected chi connectivity index (χ0v) is 13.3. The number of amides is 2. The van der Waals surface area contributed by atoms with Crippen LogP contribution in [0.25, 0.3) is 0 Å². The molecule has 1 heterocycles. The average Bonchev–Trinajstić information content (AvgIpc) is 2.86. The Bertz CT molecular complexity index is 513. The van der Waals surface area contributed by atoms with Gasteiger partial charge in [-0.15, -0.1) is 0 Å². The van der Waals surface area contributed by atoms with Crippen LogP contribution in [0.4, 0.5) is 5.69 Å². The van der Waals surface area contributed by atoms with Gasteiger partial charge in [0.15, 0.2) is 0 Å². The molecule has 0 unspecified atom stereocenters. The van der Waals surface area contributed by atoms with Crippen LogP contribution in [0.5, 0.6) is 0 Å². The second-order valence-electron chi connectivity index (χ2n) is 5.53. The maximum absolute atomic E-state index is 12.4. The van der Waals surface area contributed by atoms with Crippen LogP contribution in [0.15, 0.2) is 24.3 Å². The number of rotatable bonds is 7. The highest BCUT2D eigenvalue weighted by Gasteiger charge is 2.33. The molecule has 1 aliphatic heterocycles. The number of carbonyl (C=O) groups is 2. The van der Waals surface area contributed by atoms with Crippen LogP contribution in [0.2, 0.25) is 0 Å². The summed E-state index contributed by atoms with van der Waals surface area (Å²) < 4.78 is 5.20. The van der Waals surface area contributed by atoms with E-state index in [-0.39, 0.29) is 11.8 Å². The topological polar surface area (TPSA) is 58.6 Å². The summed E-state index contributed by atoms with van der Waals surface area (Å²) in [5.74, 6) is -0.106. The number of ether oxygens (including phenoxy) is 1. The van der Waals surface area contributed by atoms with E-state index >= 15 is 0 Å². The van der Waals surface area contributed by atoms with Crippen molar-refractivity contribution in [2.75, 3.05) is 24.7 Å². The number of nitrogens with one attached hydrogen (secondary N) is 1. The lowest BCUT2D eigenvalue weighted by Crippen LogP contribution is -2.41. The molecule has 1 aromatic carbocycles. The molecule has 1 fully saturated rings. The first-order chi connectivity index (χ1) is 10.6. The van der Waals surface area contributed by atoms with E-state index in [0.717, 1.165) is 11.3 Å². The van der Waals surface area contributed by atoms with E-state index < -0.39 is 6.04 Å². The molecule has 5 heteroatoms. The van der Waals surface area contributed by atoms with Gasteiger partial charge in [0.05, 0.1) is 0 Å². The number of anilines is 1. The molecule has 0 saturated carbocycles. The molecule has 1 aromatic rings. The van der Waals surface area contributed by atoms with Gasteiger partial charge < -0.3 is 15.0 Å². The summed E-state index contributed by atoms with van der Waals surface area (Å²) in [5.41, 5.74) is 2.05. The Labute approximate surface area is 131 Å². The second kappa shape index (κ2) is 7.94. The molecule has 1 atom stereocenters. The van der Waals surface area contributed by atoms with Crippen LogP contribution in [0, 0.1) is 6.92 Å². The molecule has 0 radical (unpaired) electrons. The minimum absolute atomic E-state index is 0.0259. The van der Waals surface area contributed by atoms with Crippen molar-refractivity contribution in [3.8, 4) is 0 Å². The lowest BCUT2D eigenvalue weighted by Gasteiger charge is -2.17. The van der Waals surface area contributed by atoms with E-state index in [2.05, 4.69) is 5.32 Å². The third-order valence-corrected chi connectivity index (χ3v) is 3.78. The monoisotopic (exact) mass is 304 g/mol. The summed E-state index contributed by atoms with van der Waals surface area (Å²) in [5, 5.41) is 2.83. The molecule has 2 amide bonds. The van der Waals surface area contributed by atoms with Gasteiger partial charge in [0.25, 0.3) is 0 Å². The lowest BCUT2D eigenvalue weighted by atomic mass is 10.2. The Morgan fingerprint density at radius 2 is 2.09 bits per heavy atom. The zero-order valence-electron chi connectivity index (χ0n) is 13.3. The van der Waals surface area contributed by atoms with E-state index in [4.69, 9.17) is 4.74 Å². The first-order valence-electron chi connectivity index (χ1n) is 7.87. The molecule has 0 bridgehead atoms. The fourth-order valence-electron chi connectivity index (χ4n) is 2.54. The average molecular weight is 304 g/mol. The van der Waals surface area contributed by atoms with Crippen LogP contribution in [0.1, 0.15) is 31.7 Å². The standard InChI is InChI=1S/C17H24N2O3/c1-3-22-12-4-5-16(20)18-15-10-11-19(17(15)21)14-8-6-13(2)7-9-14/h6-9,15H,3-5,10-12H2,1-2H3,(H,18,20)/t15-/m1/s1. The molecular formula is C17H24N2O3. The lowest BCUT2D eigenvalue weighted by molar-refractivity contribution is -0.126. The van der Waals surface area contributed by atoms with Gasteiger partial charge in [0.2, 0.25) is 11.8 Å². The number of aryl methyl sites for hydroxylation is 1. The van der Waals surface area contributed by atoms with Gasteiger partial charge in [-0.05, 0) is 38.8 Å². The minimum Gasteiger partial charge on any atom is -0.382 e. The molecule has 1 N–H and O–H groups in total. The van der Waals surface area contributed by atoms with Gasteiger partial charge in [0, 0.05) is 31.9 Å². The Morgan fingerprint density at radius 1 is 1.36 bits per heavy atom. The predicted octanol–water partition coefficient (Wildman–Crippen LogP) is 2.03. The van der Waals surface area contributed by atoms with Gasteiger partial charge in [-0.1, -0.05) is 17.7 Å².